The van der Waals surface area contributed by atoms with Crippen LogP contribution in [0.5, 0.6) is 0 Å². The van der Waals surface area contributed by atoms with Gasteiger partial charge in [-0.3, -0.25) is 4.79 Å². The smallest absolute Gasteiger partial charge is 0.255 e. The first-order valence-corrected chi connectivity index (χ1v) is 7.17. The maximum Gasteiger partial charge on any atom is 0.255 e. The number of carbonyl (C=O) groups excluding carboxylic acids is 1. The van der Waals surface area contributed by atoms with Crippen molar-refractivity contribution in [1.82, 2.24) is 0 Å². The molecule has 2 aromatic rings. The topological polar surface area (TPSA) is 61.7 Å². The second kappa shape index (κ2) is 6.54. The normalized spacial score (nSPS) is 11.3. The van der Waals surface area contributed by atoms with Gasteiger partial charge in [0.2, 0.25) is 0 Å². The maximum absolute atomic E-state index is 12.2. The SMILES string of the molecule is C/C(=N/O)c1cccc(NC(=O)c2ccc(Br)c(C)c2)c1. The summed E-state index contributed by atoms with van der Waals surface area (Å²) in [5, 5.41) is 14.8. The minimum Gasteiger partial charge on any atom is -0.411 e. The van der Waals surface area contributed by atoms with Gasteiger partial charge in [0.25, 0.3) is 5.91 Å². The lowest BCUT2D eigenvalue weighted by molar-refractivity contribution is 0.102. The van der Waals surface area contributed by atoms with Crippen LogP contribution >= 0.6 is 15.9 Å². The summed E-state index contributed by atoms with van der Waals surface area (Å²) in [4.78, 5) is 12.2. The van der Waals surface area contributed by atoms with Crippen LogP contribution in [0.3, 0.4) is 0 Å². The van der Waals surface area contributed by atoms with Crippen molar-refractivity contribution in [3.05, 3.63) is 63.6 Å². The van der Waals surface area contributed by atoms with Gasteiger partial charge >= 0.3 is 0 Å². The summed E-state index contributed by atoms with van der Waals surface area (Å²) in [6.07, 6.45) is 0. The molecule has 2 N–H and O–H groups in total. The Labute approximate surface area is 131 Å². The van der Waals surface area contributed by atoms with Gasteiger partial charge in [0.05, 0.1) is 5.71 Å². The van der Waals surface area contributed by atoms with Gasteiger partial charge in [0, 0.05) is 21.3 Å². The Kier molecular flexibility index (Phi) is 4.75. The van der Waals surface area contributed by atoms with E-state index in [1.165, 1.54) is 0 Å². The Hall–Kier alpha value is -2.14. The molecule has 4 nitrogen and oxygen atoms in total. The van der Waals surface area contributed by atoms with Crippen molar-refractivity contribution in [2.24, 2.45) is 5.16 Å². The van der Waals surface area contributed by atoms with Crippen LogP contribution < -0.4 is 5.32 Å². The van der Waals surface area contributed by atoms with Crippen LogP contribution in [0.15, 0.2) is 52.1 Å². The molecule has 0 aromatic heterocycles. The minimum absolute atomic E-state index is 0.179. The molecular weight excluding hydrogens is 332 g/mol. The van der Waals surface area contributed by atoms with Crippen LogP contribution in [-0.4, -0.2) is 16.8 Å². The van der Waals surface area contributed by atoms with Crippen molar-refractivity contribution < 1.29 is 10.0 Å². The number of oxime groups is 1. The van der Waals surface area contributed by atoms with E-state index in [2.05, 4.69) is 26.4 Å². The van der Waals surface area contributed by atoms with Gasteiger partial charge in [-0.1, -0.05) is 33.2 Å². The van der Waals surface area contributed by atoms with Crippen molar-refractivity contribution in [2.45, 2.75) is 13.8 Å². The number of anilines is 1. The molecule has 5 heteroatoms. The number of nitrogens with one attached hydrogen (secondary N) is 1. The number of nitrogens with zero attached hydrogens (tertiary/aromatic N) is 1. The van der Waals surface area contributed by atoms with Crippen LogP contribution in [-0.2, 0) is 0 Å². The molecule has 0 spiro atoms. The van der Waals surface area contributed by atoms with Crippen LogP contribution in [0.4, 0.5) is 5.69 Å². The maximum atomic E-state index is 12.2. The molecule has 0 atom stereocenters. The molecule has 1 amide bonds. The number of carbonyl (C=O) groups is 1. The lowest BCUT2D eigenvalue weighted by atomic mass is 10.1. The number of hydrogen-bond acceptors (Lipinski definition) is 3. The van der Waals surface area contributed by atoms with Crippen molar-refractivity contribution >= 4 is 33.2 Å². The zero-order chi connectivity index (χ0) is 15.4. The number of benzene rings is 2. The van der Waals surface area contributed by atoms with E-state index >= 15 is 0 Å². The highest BCUT2D eigenvalue weighted by Crippen LogP contribution is 2.18. The monoisotopic (exact) mass is 346 g/mol. The van der Waals surface area contributed by atoms with Gasteiger partial charge in [-0.2, -0.15) is 0 Å². The summed E-state index contributed by atoms with van der Waals surface area (Å²) < 4.78 is 0.968. The van der Waals surface area contributed by atoms with E-state index in [-0.39, 0.29) is 5.91 Å². The largest absolute Gasteiger partial charge is 0.411 e. The fraction of sp³-hybridized carbons (Fsp3) is 0.125. The molecule has 108 valence electrons. The molecule has 0 fully saturated rings. The Morgan fingerprint density at radius 2 is 1.95 bits per heavy atom. The lowest BCUT2D eigenvalue weighted by Gasteiger charge is -2.08. The van der Waals surface area contributed by atoms with Gasteiger partial charge in [-0.05, 0) is 49.7 Å². The van der Waals surface area contributed by atoms with E-state index in [9.17, 15) is 4.79 Å². The molecule has 0 bridgehead atoms. The first-order chi connectivity index (χ1) is 10.0. The predicted octanol–water partition coefficient (Wildman–Crippen LogP) is 4.21. The molecule has 0 unspecified atom stereocenters. The third kappa shape index (κ3) is 3.70. The Bertz CT molecular complexity index is 711. The molecule has 21 heavy (non-hydrogen) atoms. The van der Waals surface area contributed by atoms with E-state index in [1.807, 2.05) is 25.1 Å². The summed E-state index contributed by atoms with van der Waals surface area (Å²) in [5.74, 6) is -0.179. The Morgan fingerprint density at radius 3 is 2.62 bits per heavy atom. The van der Waals surface area contributed by atoms with E-state index in [1.54, 1.807) is 31.2 Å². The lowest BCUT2D eigenvalue weighted by Crippen LogP contribution is -2.12. The third-order valence-corrected chi connectivity index (χ3v) is 4.00. The Morgan fingerprint density at radius 1 is 1.19 bits per heavy atom. The van der Waals surface area contributed by atoms with Gasteiger partial charge in [0.1, 0.15) is 0 Å². The van der Waals surface area contributed by atoms with Gasteiger partial charge in [0.15, 0.2) is 0 Å². The molecule has 0 heterocycles. The second-order valence-electron chi connectivity index (χ2n) is 4.68. The van der Waals surface area contributed by atoms with E-state index in [0.717, 1.165) is 15.6 Å². The molecule has 0 aliphatic heterocycles. The summed E-state index contributed by atoms with van der Waals surface area (Å²) in [6.45, 7) is 3.63. The number of hydrogen-bond donors (Lipinski definition) is 2. The Balaban J connectivity index is 2.21. The molecule has 0 aliphatic rings. The summed E-state index contributed by atoms with van der Waals surface area (Å²) in [7, 11) is 0. The van der Waals surface area contributed by atoms with Crippen molar-refractivity contribution in [3.8, 4) is 0 Å². The average Bonchev–Trinajstić information content (AvgIpc) is 2.49. The van der Waals surface area contributed by atoms with Crippen LogP contribution in [0.25, 0.3) is 0 Å². The van der Waals surface area contributed by atoms with Gasteiger partial charge in [-0.25, -0.2) is 0 Å². The molecular formula is C16H15BrN2O2. The quantitative estimate of drug-likeness (QED) is 0.496. The first-order valence-electron chi connectivity index (χ1n) is 6.38. The van der Waals surface area contributed by atoms with E-state index < -0.39 is 0 Å². The van der Waals surface area contributed by atoms with Crippen molar-refractivity contribution in [1.29, 1.82) is 0 Å². The van der Waals surface area contributed by atoms with E-state index in [0.29, 0.717) is 17.0 Å². The number of aryl methyl sites for hydroxylation is 1. The van der Waals surface area contributed by atoms with Gasteiger partial charge < -0.3 is 10.5 Å². The summed E-state index contributed by atoms with van der Waals surface area (Å²) in [6, 6.07) is 12.6. The van der Waals surface area contributed by atoms with Crippen LogP contribution in [0, 0.1) is 6.92 Å². The van der Waals surface area contributed by atoms with Gasteiger partial charge in [-0.15, -0.1) is 0 Å². The second-order valence-corrected chi connectivity index (χ2v) is 5.54. The highest BCUT2D eigenvalue weighted by atomic mass is 79.9. The highest BCUT2D eigenvalue weighted by molar-refractivity contribution is 9.10. The fourth-order valence-electron chi connectivity index (χ4n) is 1.87. The number of rotatable bonds is 3. The predicted molar refractivity (Wildman–Crippen MR) is 87.3 cm³/mol. The average molecular weight is 347 g/mol. The van der Waals surface area contributed by atoms with Crippen LogP contribution in [0.2, 0.25) is 0 Å². The zero-order valence-corrected chi connectivity index (χ0v) is 13.3. The molecule has 2 rings (SSSR count). The first kappa shape index (κ1) is 15.3. The minimum atomic E-state index is -0.179. The zero-order valence-electron chi connectivity index (χ0n) is 11.7. The molecule has 0 radical (unpaired) electrons. The van der Waals surface area contributed by atoms with Crippen molar-refractivity contribution in [2.75, 3.05) is 5.32 Å². The highest BCUT2D eigenvalue weighted by Gasteiger charge is 2.08. The van der Waals surface area contributed by atoms with Crippen molar-refractivity contribution in [3.63, 3.8) is 0 Å². The summed E-state index contributed by atoms with van der Waals surface area (Å²) >= 11 is 3.41. The summed E-state index contributed by atoms with van der Waals surface area (Å²) in [5.41, 5.74) is 3.49. The molecule has 0 aliphatic carbocycles. The number of halogens is 1. The number of amides is 1. The fourth-order valence-corrected chi connectivity index (χ4v) is 2.12. The molecule has 0 saturated carbocycles. The standard InChI is InChI=1S/C16H15BrN2O2/c1-10-8-13(6-7-15(10)17)16(20)18-14-5-3-4-12(9-14)11(2)19-21/h3-9,21H,1-2H3,(H,18,20)/b19-11-. The van der Waals surface area contributed by atoms with E-state index in [4.69, 9.17) is 5.21 Å². The molecule has 2 aromatic carbocycles. The van der Waals surface area contributed by atoms with Crippen LogP contribution in [0.1, 0.15) is 28.4 Å². The third-order valence-electron chi connectivity index (χ3n) is 3.11. The molecule has 0 saturated heterocycles.